The lowest BCUT2D eigenvalue weighted by molar-refractivity contribution is -0.138. The van der Waals surface area contributed by atoms with Crippen LogP contribution < -0.4 is 5.73 Å². The van der Waals surface area contributed by atoms with Gasteiger partial charge in [0.1, 0.15) is 12.3 Å². The van der Waals surface area contributed by atoms with Gasteiger partial charge in [0.15, 0.2) is 0 Å². The zero-order valence-electron chi connectivity index (χ0n) is 12.0. The largest absolute Gasteiger partial charge is 0.480 e. The second-order valence-electron chi connectivity index (χ2n) is 4.98. The molecule has 0 radical (unpaired) electrons. The molecule has 0 saturated carbocycles. The van der Waals surface area contributed by atoms with Crippen LogP contribution in [0.1, 0.15) is 15.9 Å². The molecular formula is C16H15NO5S. The number of carbonyl (C=O) groups is 2. The molecule has 0 amide bonds. The van der Waals surface area contributed by atoms with Crippen LogP contribution in [0.15, 0.2) is 58.3 Å². The molecule has 1 atom stereocenters. The first kappa shape index (κ1) is 16.9. The van der Waals surface area contributed by atoms with Crippen LogP contribution in [0, 0.1) is 0 Å². The first-order valence-corrected chi connectivity index (χ1v) is 8.20. The molecule has 2 aromatic carbocycles. The van der Waals surface area contributed by atoms with Crippen LogP contribution in [0.2, 0.25) is 0 Å². The Hall–Kier alpha value is -2.51. The zero-order chi connectivity index (χ0) is 17.0. The summed E-state index contributed by atoms with van der Waals surface area (Å²) in [4.78, 5) is 21.5. The molecule has 0 heterocycles. The minimum Gasteiger partial charge on any atom is -0.480 e. The molecule has 0 unspecified atom stereocenters. The maximum absolute atomic E-state index is 12.5. The summed E-state index contributed by atoms with van der Waals surface area (Å²) in [6.07, 6.45) is 0.751. The van der Waals surface area contributed by atoms with Crippen molar-refractivity contribution < 1.29 is 23.1 Å². The second-order valence-corrected chi connectivity index (χ2v) is 6.93. The summed E-state index contributed by atoms with van der Waals surface area (Å²) in [6, 6.07) is 10.5. The second kappa shape index (κ2) is 6.72. The van der Waals surface area contributed by atoms with Crippen LogP contribution in [-0.2, 0) is 21.1 Å². The first-order chi connectivity index (χ1) is 10.8. The van der Waals surface area contributed by atoms with E-state index in [1.165, 1.54) is 48.5 Å². The van der Waals surface area contributed by atoms with Crippen molar-refractivity contribution in [2.45, 2.75) is 22.3 Å². The third-order valence-corrected chi connectivity index (χ3v) is 5.12. The Kier molecular flexibility index (Phi) is 4.92. The van der Waals surface area contributed by atoms with E-state index >= 15 is 0 Å². The van der Waals surface area contributed by atoms with Crippen LogP contribution in [0.4, 0.5) is 0 Å². The van der Waals surface area contributed by atoms with Gasteiger partial charge >= 0.3 is 5.97 Å². The lowest BCUT2D eigenvalue weighted by atomic mass is 10.1. The highest BCUT2D eigenvalue weighted by molar-refractivity contribution is 7.91. The number of aldehydes is 1. The van der Waals surface area contributed by atoms with Crippen molar-refractivity contribution in [1.29, 1.82) is 0 Å². The SMILES string of the molecule is N[C@@H](Cc1ccc(S(=O)(=O)c2ccc(C=O)cc2)cc1)C(=O)O. The Morgan fingerprint density at radius 1 is 1.04 bits per heavy atom. The van der Waals surface area contributed by atoms with Crippen molar-refractivity contribution in [3.8, 4) is 0 Å². The van der Waals surface area contributed by atoms with Crippen molar-refractivity contribution in [1.82, 2.24) is 0 Å². The molecule has 0 saturated heterocycles. The summed E-state index contributed by atoms with van der Waals surface area (Å²) in [6.45, 7) is 0. The number of nitrogens with two attached hydrogens (primary N) is 1. The molecule has 2 aromatic rings. The average molecular weight is 333 g/mol. The zero-order valence-corrected chi connectivity index (χ0v) is 12.9. The van der Waals surface area contributed by atoms with Crippen molar-refractivity contribution in [2.75, 3.05) is 0 Å². The maximum atomic E-state index is 12.5. The standard InChI is InChI=1S/C16H15NO5S/c17-15(16(19)20)9-11-1-5-13(6-2-11)23(21,22)14-7-3-12(10-18)4-8-14/h1-8,10,15H,9,17H2,(H,19,20)/t15-/m0/s1. The van der Waals surface area contributed by atoms with E-state index in [0.717, 1.165) is 0 Å². The molecule has 0 aromatic heterocycles. The predicted molar refractivity (Wildman–Crippen MR) is 83.0 cm³/mol. The maximum Gasteiger partial charge on any atom is 0.320 e. The van der Waals surface area contributed by atoms with E-state index < -0.39 is 21.8 Å². The number of rotatable bonds is 6. The molecule has 0 bridgehead atoms. The van der Waals surface area contributed by atoms with Crippen molar-refractivity contribution in [3.63, 3.8) is 0 Å². The Morgan fingerprint density at radius 3 is 1.96 bits per heavy atom. The van der Waals surface area contributed by atoms with E-state index in [1.807, 2.05) is 0 Å². The molecule has 0 spiro atoms. The summed E-state index contributed by atoms with van der Waals surface area (Å²) < 4.78 is 24.9. The number of carbonyl (C=O) groups excluding carboxylic acids is 1. The number of hydrogen-bond acceptors (Lipinski definition) is 5. The molecule has 0 aliphatic rings. The minimum atomic E-state index is -3.69. The van der Waals surface area contributed by atoms with Gasteiger partial charge in [0, 0.05) is 5.56 Å². The summed E-state index contributed by atoms with van der Waals surface area (Å²) >= 11 is 0. The quantitative estimate of drug-likeness (QED) is 0.770. The lowest BCUT2D eigenvalue weighted by Gasteiger charge is -2.08. The lowest BCUT2D eigenvalue weighted by Crippen LogP contribution is -2.32. The molecule has 7 heteroatoms. The number of benzene rings is 2. The van der Waals surface area contributed by atoms with Crippen molar-refractivity contribution in [3.05, 3.63) is 59.7 Å². The molecule has 2 rings (SSSR count). The Morgan fingerprint density at radius 2 is 1.52 bits per heavy atom. The van der Waals surface area contributed by atoms with Crippen LogP contribution >= 0.6 is 0 Å². The topological polar surface area (TPSA) is 115 Å². The molecule has 6 nitrogen and oxygen atoms in total. The fraction of sp³-hybridized carbons (Fsp3) is 0.125. The van der Waals surface area contributed by atoms with E-state index in [4.69, 9.17) is 10.8 Å². The van der Waals surface area contributed by atoms with Gasteiger partial charge in [0.2, 0.25) is 9.84 Å². The molecule has 0 aliphatic carbocycles. The highest BCUT2D eigenvalue weighted by Crippen LogP contribution is 2.21. The van der Waals surface area contributed by atoms with Crippen LogP contribution in [0.25, 0.3) is 0 Å². The van der Waals surface area contributed by atoms with Gasteiger partial charge in [-0.2, -0.15) is 0 Å². The smallest absolute Gasteiger partial charge is 0.320 e. The summed E-state index contributed by atoms with van der Waals surface area (Å²) in [5.41, 5.74) is 6.47. The van der Waals surface area contributed by atoms with E-state index in [9.17, 15) is 18.0 Å². The average Bonchev–Trinajstić information content (AvgIpc) is 2.55. The molecule has 0 fully saturated rings. The van der Waals surface area contributed by atoms with Crippen molar-refractivity contribution >= 4 is 22.1 Å². The normalized spacial score (nSPS) is 12.6. The highest BCUT2D eigenvalue weighted by Gasteiger charge is 2.18. The molecule has 120 valence electrons. The summed E-state index contributed by atoms with van der Waals surface area (Å²) in [7, 11) is -3.69. The summed E-state index contributed by atoms with van der Waals surface area (Å²) in [5, 5.41) is 8.77. The predicted octanol–water partition coefficient (Wildman–Crippen LogP) is 1.29. The number of hydrogen-bond donors (Lipinski definition) is 2. The van der Waals surface area contributed by atoms with E-state index in [1.54, 1.807) is 0 Å². The Bertz CT molecular complexity index is 811. The monoisotopic (exact) mass is 333 g/mol. The van der Waals surface area contributed by atoms with Crippen LogP contribution in [-0.4, -0.2) is 31.8 Å². The van der Waals surface area contributed by atoms with Gasteiger partial charge in [-0.1, -0.05) is 24.3 Å². The van der Waals surface area contributed by atoms with Gasteiger partial charge in [0.05, 0.1) is 9.79 Å². The number of aliphatic carboxylic acids is 1. The fourth-order valence-corrected chi connectivity index (χ4v) is 3.27. The number of sulfone groups is 1. The highest BCUT2D eigenvalue weighted by atomic mass is 32.2. The number of carboxylic acid groups (broad SMARTS) is 1. The van der Waals surface area contributed by atoms with Gasteiger partial charge in [-0.15, -0.1) is 0 Å². The van der Waals surface area contributed by atoms with Gasteiger partial charge in [-0.25, -0.2) is 8.42 Å². The number of carboxylic acids is 1. The van der Waals surface area contributed by atoms with Crippen LogP contribution in [0.3, 0.4) is 0 Å². The molecular weight excluding hydrogens is 318 g/mol. The third-order valence-electron chi connectivity index (χ3n) is 3.33. The molecule has 3 N–H and O–H groups in total. The molecule has 0 aliphatic heterocycles. The minimum absolute atomic E-state index is 0.0816. The third kappa shape index (κ3) is 3.82. The Balaban J connectivity index is 2.26. The van der Waals surface area contributed by atoms with Crippen molar-refractivity contribution in [2.24, 2.45) is 5.73 Å². The van der Waals surface area contributed by atoms with E-state index in [2.05, 4.69) is 0 Å². The van der Waals surface area contributed by atoms with Gasteiger partial charge in [-0.3, -0.25) is 9.59 Å². The fourth-order valence-electron chi connectivity index (χ4n) is 2.01. The van der Waals surface area contributed by atoms with Gasteiger partial charge in [0.25, 0.3) is 0 Å². The van der Waals surface area contributed by atoms with E-state index in [0.29, 0.717) is 17.4 Å². The van der Waals surface area contributed by atoms with Crippen LogP contribution in [0.5, 0.6) is 0 Å². The van der Waals surface area contributed by atoms with E-state index in [-0.39, 0.29) is 16.2 Å². The van der Waals surface area contributed by atoms with Gasteiger partial charge in [-0.05, 0) is 36.2 Å². The first-order valence-electron chi connectivity index (χ1n) is 6.72. The summed E-state index contributed by atoms with van der Waals surface area (Å²) in [5.74, 6) is -1.11. The Labute approximate surface area is 133 Å². The molecule has 23 heavy (non-hydrogen) atoms. The van der Waals surface area contributed by atoms with Gasteiger partial charge < -0.3 is 10.8 Å².